The zero-order chi connectivity index (χ0) is 13.4. The monoisotopic (exact) mass is 270 g/mol. The van der Waals surface area contributed by atoms with E-state index in [4.69, 9.17) is 10.5 Å². The number of nitrogen functional groups attached to an aromatic ring is 1. The predicted octanol–water partition coefficient (Wildman–Crippen LogP) is 1.03. The molecule has 5 nitrogen and oxygen atoms in total. The summed E-state index contributed by atoms with van der Waals surface area (Å²) in [6, 6.07) is 4.75. The van der Waals surface area contributed by atoms with Crippen molar-refractivity contribution in [1.82, 2.24) is 4.72 Å². The maximum atomic E-state index is 12.2. The first-order chi connectivity index (χ1) is 8.32. The van der Waals surface area contributed by atoms with Gasteiger partial charge in [-0.25, -0.2) is 13.1 Å². The summed E-state index contributed by atoms with van der Waals surface area (Å²) in [7, 11) is -3.55. The second-order valence-corrected chi connectivity index (χ2v) is 6.67. The molecule has 0 radical (unpaired) electrons. The van der Waals surface area contributed by atoms with E-state index in [1.54, 1.807) is 12.1 Å². The molecular weight excluding hydrogens is 252 g/mol. The Balaban J connectivity index is 2.27. The standard InChI is InChI=1S/C12H18N2O3S/c1-9-3-4-10(7-11(9)13)18(15,16)14-12(2)5-6-17-8-12/h3-4,7,14H,5-6,8,13H2,1-2H3. The fourth-order valence-corrected chi connectivity index (χ4v) is 3.37. The Morgan fingerprint density at radius 2 is 2.17 bits per heavy atom. The van der Waals surface area contributed by atoms with Gasteiger partial charge in [0, 0.05) is 12.3 Å². The van der Waals surface area contributed by atoms with Gasteiger partial charge in [-0.1, -0.05) is 6.07 Å². The fraction of sp³-hybridized carbons (Fsp3) is 0.500. The molecule has 18 heavy (non-hydrogen) atoms. The van der Waals surface area contributed by atoms with Crippen LogP contribution in [0.15, 0.2) is 23.1 Å². The first-order valence-corrected chi connectivity index (χ1v) is 7.29. The quantitative estimate of drug-likeness (QED) is 0.804. The van der Waals surface area contributed by atoms with Crippen LogP contribution in [0.5, 0.6) is 0 Å². The van der Waals surface area contributed by atoms with Gasteiger partial charge in [-0.05, 0) is 38.0 Å². The van der Waals surface area contributed by atoms with E-state index in [2.05, 4.69) is 4.72 Å². The number of rotatable bonds is 3. The molecule has 1 aliphatic rings. The lowest BCUT2D eigenvalue weighted by atomic mass is 10.0. The summed E-state index contributed by atoms with van der Waals surface area (Å²) in [5.74, 6) is 0. The number of nitrogens with one attached hydrogen (secondary N) is 1. The van der Waals surface area contributed by atoms with Gasteiger partial charge in [0.2, 0.25) is 10.0 Å². The smallest absolute Gasteiger partial charge is 0.241 e. The number of sulfonamides is 1. The van der Waals surface area contributed by atoms with Gasteiger partial charge in [-0.2, -0.15) is 0 Å². The third kappa shape index (κ3) is 2.66. The van der Waals surface area contributed by atoms with E-state index >= 15 is 0 Å². The third-order valence-electron chi connectivity index (χ3n) is 3.16. The van der Waals surface area contributed by atoms with Crippen LogP contribution in [0.3, 0.4) is 0 Å². The second-order valence-electron chi connectivity index (χ2n) is 4.99. The highest BCUT2D eigenvalue weighted by Gasteiger charge is 2.34. The van der Waals surface area contributed by atoms with Crippen molar-refractivity contribution in [1.29, 1.82) is 0 Å². The van der Waals surface area contributed by atoms with Crippen molar-refractivity contribution >= 4 is 15.7 Å². The molecule has 1 atom stereocenters. The van der Waals surface area contributed by atoms with Crippen LogP contribution < -0.4 is 10.5 Å². The number of anilines is 1. The SMILES string of the molecule is Cc1ccc(S(=O)(=O)NC2(C)CCOC2)cc1N. The molecule has 1 aromatic rings. The summed E-state index contributed by atoms with van der Waals surface area (Å²) in [6.07, 6.45) is 0.674. The van der Waals surface area contributed by atoms with Crippen molar-refractivity contribution in [3.8, 4) is 0 Å². The van der Waals surface area contributed by atoms with Crippen LogP contribution in [0, 0.1) is 6.92 Å². The number of nitrogens with two attached hydrogens (primary N) is 1. The first-order valence-electron chi connectivity index (χ1n) is 5.80. The van der Waals surface area contributed by atoms with E-state index in [-0.39, 0.29) is 4.90 Å². The van der Waals surface area contributed by atoms with Gasteiger partial charge in [-0.15, -0.1) is 0 Å². The van der Waals surface area contributed by atoms with Crippen molar-refractivity contribution in [2.75, 3.05) is 18.9 Å². The number of hydrogen-bond acceptors (Lipinski definition) is 4. The number of hydrogen-bond donors (Lipinski definition) is 2. The van der Waals surface area contributed by atoms with Crippen LogP contribution in [0.25, 0.3) is 0 Å². The number of benzene rings is 1. The van der Waals surface area contributed by atoms with Crippen molar-refractivity contribution in [2.45, 2.75) is 30.7 Å². The molecule has 0 aliphatic carbocycles. The van der Waals surface area contributed by atoms with E-state index < -0.39 is 15.6 Å². The second kappa shape index (κ2) is 4.53. The average Bonchev–Trinajstić information content (AvgIpc) is 2.67. The Morgan fingerprint density at radius 1 is 1.44 bits per heavy atom. The van der Waals surface area contributed by atoms with E-state index in [1.165, 1.54) is 6.07 Å². The molecule has 1 saturated heterocycles. The highest BCUT2D eigenvalue weighted by Crippen LogP contribution is 2.23. The van der Waals surface area contributed by atoms with Crippen LogP contribution >= 0.6 is 0 Å². The van der Waals surface area contributed by atoms with E-state index in [1.807, 2.05) is 13.8 Å². The Labute approximate surface area is 107 Å². The molecule has 1 heterocycles. The van der Waals surface area contributed by atoms with Gasteiger partial charge in [0.25, 0.3) is 0 Å². The zero-order valence-corrected chi connectivity index (χ0v) is 11.4. The molecule has 0 bridgehead atoms. The highest BCUT2D eigenvalue weighted by molar-refractivity contribution is 7.89. The fourth-order valence-electron chi connectivity index (χ4n) is 1.92. The van der Waals surface area contributed by atoms with Gasteiger partial charge in [-0.3, -0.25) is 0 Å². The maximum Gasteiger partial charge on any atom is 0.241 e. The lowest BCUT2D eigenvalue weighted by Crippen LogP contribution is -2.46. The summed E-state index contributed by atoms with van der Waals surface area (Å²) in [6.45, 7) is 4.66. The van der Waals surface area contributed by atoms with Crippen molar-refractivity contribution in [3.05, 3.63) is 23.8 Å². The summed E-state index contributed by atoms with van der Waals surface area (Å²) in [4.78, 5) is 0.193. The van der Waals surface area contributed by atoms with Crippen LogP contribution in [-0.4, -0.2) is 27.2 Å². The van der Waals surface area contributed by atoms with Crippen molar-refractivity contribution < 1.29 is 13.2 Å². The average molecular weight is 270 g/mol. The molecule has 0 aromatic heterocycles. The van der Waals surface area contributed by atoms with Crippen molar-refractivity contribution in [3.63, 3.8) is 0 Å². The molecule has 1 fully saturated rings. The van der Waals surface area contributed by atoms with Crippen LogP contribution in [0.4, 0.5) is 5.69 Å². The van der Waals surface area contributed by atoms with Gasteiger partial charge in [0.1, 0.15) is 0 Å². The van der Waals surface area contributed by atoms with Gasteiger partial charge in [0.05, 0.1) is 17.0 Å². The van der Waals surface area contributed by atoms with E-state index in [0.717, 1.165) is 5.56 Å². The molecule has 0 spiro atoms. The van der Waals surface area contributed by atoms with Gasteiger partial charge in [0.15, 0.2) is 0 Å². The zero-order valence-electron chi connectivity index (χ0n) is 10.6. The Kier molecular flexibility index (Phi) is 3.35. The topological polar surface area (TPSA) is 81.4 Å². The van der Waals surface area contributed by atoms with Crippen molar-refractivity contribution in [2.24, 2.45) is 0 Å². The van der Waals surface area contributed by atoms with E-state index in [0.29, 0.717) is 25.3 Å². The van der Waals surface area contributed by atoms with Gasteiger partial charge >= 0.3 is 0 Å². The summed E-state index contributed by atoms with van der Waals surface area (Å²) in [5, 5.41) is 0. The lowest BCUT2D eigenvalue weighted by Gasteiger charge is -2.23. The van der Waals surface area contributed by atoms with Crippen LogP contribution in [0.2, 0.25) is 0 Å². The van der Waals surface area contributed by atoms with Gasteiger partial charge < -0.3 is 10.5 Å². The highest BCUT2D eigenvalue weighted by atomic mass is 32.2. The molecule has 2 rings (SSSR count). The largest absolute Gasteiger partial charge is 0.398 e. The Morgan fingerprint density at radius 3 is 2.72 bits per heavy atom. The molecule has 1 aliphatic heterocycles. The Bertz CT molecular complexity index is 548. The van der Waals surface area contributed by atoms with Crippen LogP contribution in [0.1, 0.15) is 18.9 Å². The summed E-state index contributed by atoms with van der Waals surface area (Å²) >= 11 is 0. The Hall–Kier alpha value is -1.11. The summed E-state index contributed by atoms with van der Waals surface area (Å²) < 4.78 is 32.4. The lowest BCUT2D eigenvalue weighted by molar-refractivity contribution is 0.178. The minimum absolute atomic E-state index is 0.193. The molecule has 100 valence electrons. The third-order valence-corrected chi connectivity index (χ3v) is 4.80. The molecule has 1 aromatic carbocycles. The predicted molar refractivity (Wildman–Crippen MR) is 69.8 cm³/mol. The molecule has 0 amide bonds. The summed E-state index contributed by atoms with van der Waals surface area (Å²) in [5.41, 5.74) is 6.55. The maximum absolute atomic E-state index is 12.2. The van der Waals surface area contributed by atoms with Crippen LogP contribution in [-0.2, 0) is 14.8 Å². The molecule has 1 unspecified atom stereocenters. The molecular formula is C12H18N2O3S. The number of ether oxygens (including phenoxy) is 1. The minimum atomic E-state index is -3.55. The molecule has 3 N–H and O–H groups in total. The normalized spacial score (nSPS) is 24.3. The minimum Gasteiger partial charge on any atom is -0.398 e. The number of aryl methyl sites for hydroxylation is 1. The molecule has 6 heteroatoms. The van der Waals surface area contributed by atoms with E-state index in [9.17, 15) is 8.42 Å². The first kappa shape index (κ1) is 13.3. The molecule has 0 saturated carbocycles.